The van der Waals surface area contributed by atoms with Crippen molar-refractivity contribution in [2.24, 2.45) is 7.05 Å². The monoisotopic (exact) mass is 237 g/mol. The van der Waals surface area contributed by atoms with Crippen LogP contribution in [0.15, 0.2) is 30.3 Å². The van der Waals surface area contributed by atoms with Gasteiger partial charge in [0.1, 0.15) is 0 Å². The number of alkyl halides is 1. The van der Waals surface area contributed by atoms with Crippen LogP contribution in [0, 0.1) is 0 Å². The van der Waals surface area contributed by atoms with Crippen molar-refractivity contribution in [2.75, 3.05) is 11.9 Å². The highest BCUT2D eigenvalue weighted by molar-refractivity contribution is 6.21. The Hall–Kier alpha value is -1.62. The maximum absolute atomic E-state index is 6.24. The van der Waals surface area contributed by atoms with Gasteiger partial charge in [-0.2, -0.15) is 0 Å². The fraction of sp³-hybridized carbons (Fsp3) is 0.300. The van der Waals surface area contributed by atoms with Crippen LogP contribution < -0.4 is 5.32 Å². The zero-order chi connectivity index (χ0) is 11.4. The number of hydrogen-bond donors (Lipinski definition) is 1. The van der Waals surface area contributed by atoms with Crippen LogP contribution in [0.25, 0.3) is 0 Å². The molecular formula is C10H12ClN5. The molecule has 2 aromatic rings. The average Bonchev–Trinajstić information content (AvgIpc) is 2.73. The van der Waals surface area contributed by atoms with Gasteiger partial charge in [-0.05, 0) is 16.0 Å². The van der Waals surface area contributed by atoms with Crippen molar-refractivity contribution < 1.29 is 0 Å². The minimum Gasteiger partial charge on any atom is -0.351 e. The molecule has 0 aliphatic heterocycles. The summed E-state index contributed by atoms with van der Waals surface area (Å²) in [5.74, 6) is 0.613. The van der Waals surface area contributed by atoms with Gasteiger partial charge in [-0.1, -0.05) is 35.4 Å². The predicted octanol–water partition coefficient (Wildman–Crippen LogP) is 1.60. The van der Waals surface area contributed by atoms with Crippen LogP contribution in [0.4, 0.5) is 5.95 Å². The van der Waals surface area contributed by atoms with E-state index < -0.39 is 0 Å². The smallest absolute Gasteiger partial charge is 0.242 e. The van der Waals surface area contributed by atoms with Gasteiger partial charge in [0.05, 0.1) is 5.38 Å². The average molecular weight is 238 g/mol. The van der Waals surface area contributed by atoms with Gasteiger partial charge in [0, 0.05) is 13.6 Å². The number of benzene rings is 1. The minimum atomic E-state index is -0.0992. The highest BCUT2D eigenvalue weighted by Crippen LogP contribution is 2.19. The molecule has 1 aromatic heterocycles. The lowest BCUT2D eigenvalue weighted by molar-refractivity contribution is 0.711. The van der Waals surface area contributed by atoms with Crippen LogP contribution in [0.3, 0.4) is 0 Å². The molecule has 0 saturated heterocycles. The van der Waals surface area contributed by atoms with Gasteiger partial charge in [-0.3, -0.25) is 0 Å². The van der Waals surface area contributed by atoms with Gasteiger partial charge < -0.3 is 5.32 Å². The number of aromatic nitrogens is 4. The summed E-state index contributed by atoms with van der Waals surface area (Å²) in [6.07, 6.45) is 0. The van der Waals surface area contributed by atoms with E-state index in [0.717, 1.165) is 5.56 Å². The molecule has 0 bridgehead atoms. The van der Waals surface area contributed by atoms with Gasteiger partial charge in [-0.25, -0.2) is 4.68 Å². The molecular weight excluding hydrogens is 226 g/mol. The van der Waals surface area contributed by atoms with Gasteiger partial charge in [0.15, 0.2) is 0 Å². The molecule has 6 heteroatoms. The van der Waals surface area contributed by atoms with Gasteiger partial charge in [-0.15, -0.1) is 11.6 Å². The van der Waals surface area contributed by atoms with Crippen molar-refractivity contribution in [2.45, 2.75) is 5.38 Å². The SMILES string of the molecule is Cn1nnnc1NCC(Cl)c1ccccc1. The van der Waals surface area contributed by atoms with Crippen LogP contribution >= 0.6 is 11.6 Å². The van der Waals surface area contributed by atoms with Gasteiger partial charge >= 0.3 is 0 Å². The molecule has 0 aliphatic carbocycles. The zero-order valence-electron chi connectivity index (χ0n) is 8.84. The van der Waals surface area contributed by atoms with Crippen LogP contribution in [0.2, 0.25) is 0 Å². The highest BCUT2D eigenvalue weighted by Gasteiger charge is 2.08. The van der Waals surface area contributed by atoms with Crippen molar-refractivity contribution in [3.8, 4) is 0 Å². The maximum Gasteiger partial charge on any atom is 0.242 e. The number of anilines is 1. The molecule has 84 valence electrons. The Morgan fingerprint density at radius 3 is 2.75 bits per heavy atom. The van der Waals surface area contributed by atoms with E-state index in [0.29, 0.717) is 12.5 Å². The molecule has 0 spiro atoms. The van der Waals surface area contributed by atoms with Crippen molar-refractivity contribution in [3.63, 3.8) is 0 Å². The summed E-state index contributed by atoms with van der Waals surface area (Å²) in [6, 6.07) is 9.89. The molecule has 2 rings (SSSR count). The molecule has 0 radical (unpaired) electrons. The van der Waals surface area contributed by atoms with Crippen LogP contribution in [-0.2, 0) is 7.05 Å². The lowest BCUT2D eigenvalue weighted by Crippen LogP contribution is -2.11. The molecule has 0 saturated carbocycles. The zero-order valence-corrected chi connectivity index (χ0v) is 9.59. The molecule has 0 aliphatic rings. The quantitative estimate of drug-likeness (QED) is 0.821. The van der Waals surface area contributed by atoms with E-state index >= 15 is 0 Å². The normalized spacial score (nSPS) is 12.4. The molecule has 1 N–H and O–H groups in total. The van der Waals surface area contributed by atoms with E-state index in [-0.39, 0.29) is 5.38 Å². The number of tetrazole rings is 1. The summed E-state index contributed by atoms with van der Waals surface area (Å²) < 4.78 is 1.56. The second-order valence-electron chi connectivity index (χ2n) is 3.39. The summed E-state index contributed by atoms with van der Waals surface area (Å²) >= 11 is 6.24. The van der Waals surface area contributed by atoms with E-state index in [1.54, 1.807) is 11.7 Å². The van der Waals surface area contributed by atoms with E-state index in [4.69, 9.17) is 11.6 Å². The third kappa shape index (κ3) is 2.49. The number of halogens is 1. The number of nitrogens with zero attached hydrogens (tertiary/aromatic N) is 4. The number of hydrogen-bond acceptors (Lipinski definition) is 4. The third-order valence-electron chi connectivity index (χ3n) is 2.22. The summed E-state index contributed by atoms with van der Waals surface area (Å²) in [5.41, 5.74) is 1.08. The van der Waals surface area contributed by atoms with E-state index in [1.807, 2.05) is 30.3 Å². The maximum atomic E-state index is 6.24. The van der Waals surface area contributed by atoms with Gasteiger partial charge in [0.25, 0.3) is 0 Å². The van der Waals surface area contributed by atoms with Crippen LogP contribution in [-0.4, -0.2) is 26.8 Å². The van der Waals surface area contributed by atoms with Gasteiger partial charge in [0.2, 0.25) is 5.95 Å². The third-order valence-corrected chi connectivity index (χ3v) is 2.63. The van der Waals surface area contributed by atoms with E-state index in [9.17, 15) is 0 Å². The number of rotatable bonds is 4. The molecule has 1 aromatic carbocycles. The van der Waals surface area contributed by atoms with Crippen LogP contribution in [0.1, 0.15) is 10.9 Å². The van der Waals surface area contributed by atoms with Crippen molar-refractivity contribution in [1.29, 1.82) is 0 Å². The van der Waals surface area contributed by atoms with Crippen molar-refractivity contribution in [1.82, 2.24) is 20.2 Å². The topological polar surface area (TPSA) is 55.6 Å². The van der Waals surface area contributed by atoms with E-state index in [1.165, 1.54) is 0 Å². The summed E-state index contributed by atoms with van der Waals surface area (Å²) in [7, 11) is 1.77. The molecule has 1 atom stereocenters. The Morgan fingerprint density at radius 2 is 2.12 bits per heavy atom. The fourth-order valence-electron chi connectivity index (χ4n) is 1.34. The molecule has 5 nitrogen and oxygen atoms in total. The minimum absolute atomic E-state index is 0.0992. The van der Waals surface area contributed by atoms with Crippen LogP contribution in [0.5, 0.6) is 0 Å². The highest BCUT2D eigenvalue weighted by atomic mass is 35.5. The van der Waals surface area contributed by atoms with Crippen molar-refractivity contribution in [3.05, 3.63) is 35.9 Å². The first-order chi connectivity index (χ1) is 7.77. The molecule has 1 unspecified atom stereocenters. The summed E-state index contributed by atoms with van der Waals surface area (Å²) in [6.45, 7) is 0.583. The Bertz CT molecular complexity index is 441. The first-order valence-corrected chi connectivity index (χ1v) is 5.36. The van der Waals surface area contributed by atoms with Crippen molar-refractivity contribution >= 4 is 17.5 Å². The predicted molar refractivity (Wildman–Crippen MR) is 62.3 cm³/mol. The Morgan fingerprint density at radius 1 is 1.38 bits per heavy atom. The Balaban J connectivity index is 1.94. The van der Waals surface area contributed by atoms with E-state index in [2.05, 4.69) is 20.8 Å². The number of aryl methyl sites for hydroxylation is 1. The number of nitrogens with one attached hydrogen (secondary N) is 1. The summed E-state index contributed by atoms with van der Waals surface area (Å²) in [5, 5.41) is 14.0. The molecule has 16 heavy (non-hydrogen) atoms. The lowest BCUT2D eigenvalue weighted by Gasteiger charge is -2.10. The second-order valence-corrected chi connectivity index (χ2v) is 3.91. The first-order valence-electron chi connectivity index (χ1n) is 4.92. The Labute approximate surface area is 98.4 Å². The lowest BCUT2D eigenvalue weighted by atomic mass is 10.1. The molecule has 0 fully saturated rings. The Kier molecular flexibility index (Phi) is 3.36. The largest absolute Gasteiger partial charge is 0.351 e. The molecule has 1 heterocycles. The first kappa shape index (κ1) is 10.9. The fourth-order valence-corrected chi connectivity index (χ4v) is 1.56. The molecule has 0 amide bonds. The summed E-state index contributed by atoms with van der Waals surface area (Å²) in [4.78, 5) is 0. The second kappa shape index (κ2) is 4.94. The standard InChI is InChI=1S/C10H12ClN5/c1-16-10(13-14-15-16)12-7-9(11)8-5-3-2-4-6-8/h2-6,9H,7H2,1H3,(H,12,13,15).